The molecule has 1 aromatic rings. The molecule has 2 rings (SSSR count). The first-order valence-corrected chi connectivity index (χ1v) is 7.81. The lowest BCUT2D eigenvalue weighted by molar-refractivity contribution is -0.154. The summed E-state index contributed by atoms with van der Waals surface area (Å²) in [6, 6.07) is 7.12. The highest BCUT2D eigenvalue weighted by Gasteiger charge is 2.22. The Morgan fingerprint density at radius 1 is 1.09 bits per heavy atom. The molecule has 1 fully saturated rings. The van der Waals surface area contributed by atoms with Crippen LogP contribution in [0.3, 0.4) is 0 Å². The van der Waals surface area contributed by atoms with Crippen LogP contribution in [-0.2, 0) is 9.53 Å². The van der Waals surface area contributed by atoms with E-state index in [1.165, 1.54) is 12.8 Å². The molecule has 0 spiro atoms. The van der Waals surface area contributed by atoms with Crippen molar-refractivity contribution in [1.29, 1.82) is 0 Å². The summed E-state index contributed by atoms with van der Waals surface area (Å²) in [5.41, 5.74) is 0.0862. The van der Waals surface area contributed by atoms with Gasteiger partial charge in [-0.15, -0.1) is 0 Å². The second kappa shape index (κ2) is 6.95. The van der Waals surface area contributed by atoms with Gasteiger partial charge in [0, 0.05) is 12.0 Å². The van der Waals surface area contributed by atoms with Gasteiger partial charge < -0.3 is 9.47 Å². The fraction of sp³-hybridized carbons (Fsp3) is 0.556. The van der Waals surface area contributed by atoms with Gasteiger partial charge in [-0.2, -0.15) is 0 Å². The van der Waals surface area contributed by atoms with Crippen LogP contribution in [-0.4, -0.2) is 24.0 Å². The van der Waals surface area contributed by atoms with E-state index in [-0.39, 0.29) is 24.6 Å². The fourth-order valence-electron chi connectivity index (χ4n) is 1.99. The van der Waals surface area contributed by atoms with E-state index in [0.29, 0.717) is 11.5 Å². The standard InChI is InChI=1S/C18H24O4/c1-18(2,3)22-17(20)11-10-16(19)14-6-8-15(9-7-14)21-12-13-4-5-13/h6-9,13H,4-5,10-12H2,1-3H3. The second-order valence-corrected chi connectivity index (χ2v) is 6.79. The predicted molar refractivity (Wildman–Crippen MR) is 84.1 cm³/mol. The lowest BCUT2D eigenvalue weighted by Gasteiger charge is -2.19. The molecule has 0 bridgehead atoms. The van der Waals surface area contributed by atoms with Gasteiger partial charge >= 0.3 is 5.97 Å². The van der Waals surface area contributed by atoms with Crippen molar-refractivity contribution in [2.24, 2.45) is 5.92 Å². The number of Topliss-reactive ketones (excluding diaryl/α,β-unsaturated/α-hetero) is 1. The molecule has 0 atom stereocenters. The predicted octanol–water partition coefficient (Wildman–Crippen LogP) is 3.78. The Balaban J connectivity index is 1.77. The summed E-state index contributed by atoms with van der Waals surface area (Å²) < 4.78 is 10.8. The highest BCUT2D eigenvalue weighted by molar-refractivity contribution is 5.97. The van der Waals surface area contributed by atoms with Gasteiger partial charge in [0.1, 0.15) is 11.4 Å². The topological polar surface area (TPSA) is 52.6 Å². The van der Waals surface area contributed by atoms with Crippen molar-refractivity contribution in [3.05, 3.63) is 29.8 Å². The van der Waals surface area contributed by atoms with Crippen LogP contribution < -0.4 is 4.74 Å². The van der Waals surface area contributed by atoms with Gasteiger partial charge in [-0.05, 0) is 63.8 Å². The average molecular weight is 304 g/mol. The molecule has 22 heavy (non-hydrogen) atoms. The molecule has 4 heteroatoms. The fourth-order valence-corrected chi connectivity index (χ4v) is 1.99. The molecular formula is C18H24O4. The van der Waals surface area contributed by atoms with E-state index < -0.39 is 5.60 Å². The van der Waals surface area contributed by atoms with Crippen LogP contribution in [0.25, 0.3) is 0 Å². The van der Waals surface area contributed by atoms with Crippen LogP contribution in [0, 0.1) is 5.92 Å². The molecule has 0 unspecified atom stereocenters. The van der Waals surface area contributed by atoms with Crippen molar-refractivity contribution in [3.8, 4) is 5.75 Å². The van der Waals surface area contributed by atoms with E-state index in [2.05, 4.69) is 0 Å². The molecule has 1 aliphatic rings. The molecule has 0 amide bonds. The van der Waals surface area contributed by atoms with Crippen LogP contribution in [0.15, 0.2) is 24.3 Å². The van der Waals surface area contributed by atoms with E-state index in [4.69, 9.17) is 9.47 Å². The summed E-state index contributed by atoms with van der Waals surface area (Å²) in [5, 5.41) is 0. The van der Waals surface area contributed by atoms with Gasteiger partial charge in [0.15, 0.2) is 5.78 Å². The molecule has 4 nitrogen and oxygen atoms in total. The molecule has 1 aromatic carbocycles. The largest absolute Gasteiger partial charge is 0.493 e. The first kappa shape index (κ1) is 16.5. The third kappa shape index (κ3) is 5.88. The molecule has 0 radical (unpaired) electrons. The Kier molecular flexibility index (Phi) is 5.22. The lowest BCUT2D eigenvalue weighted by Crippen LogP contribution is -2.24. The maximum atomic E-state index is 12.1. The number of hydrogen-bond acceptors (Lipinski definition) is 4. The summed E-state index contributed by atoms with van der Waals surface area (Å²) in [6.07, 6.45) is 2.77. The van der Waals surface area contributed by atoms with Gasteiger partial charge in [0.25, 0.3) is 0 Å². The van der Waals surface area contributed by atoms with Crippen molar-refractivity contribution in [2.45, 2.75) is 52.1 Å². The third-order valence-corrected chi connectivity index (χ3v) is 3.34. The third-order valence-electron chi connectivity index (χ3n) is 3.34. The van der Waals surface area contributed by atoms with Gasteiger partial charge in [0.2, 0.25) is 0 Å². The minimum atomic E-state index is -0.513. The van der Waals surface area contributed by atoms with Gasteiger partial charge in [-0.3, -0.25) is 9.59 Å². The molecule has 1 saturated carbocycles. The first-order valence-electron chi connectivity index (χ1n) is 7.81. The summed E-state index contributed by atoms with van der Waals surface area (Å²) in [7, 11) is 0. The normalized spacial score (nSPS) is 14.5. The van der Waals surface area contributed by atoms with Crippen molar-refractivity contribution in [1.82, 2.24) is 0 Å². The Hall–Kier alpha value is -1.84. The minimum Gasteiger partial charge on any atom is -0.493 e. The van der Waals surface area contributed by atoms with Crippen LogP contribution >= 0.6 is 0 Å². The SMILES string of the molecule is CC(C)(C)OC(=O)CCC(=O)c1ccc(OCC2CC2)cc1. The number of carbonyl (C=O) groups is 2. The van der Waals surface area contributed by atoms with Crippen molar-refractivity contribution >= 4 is 11.8 Å². The summed E-state index contributed by atoms with van der Waals surface area (Å²) in [6.45, 7) is 6.19. The summed E-state index contributed by atoms with van der Waals surface area (Å²) >= 11 is 0. The highest BCUT2D eigenvalue weighted by atomic mass is 16.6. The van der Waals surface area contributed by atoms with Gasteiger partial charge in [-0.1, -0.05) is 0 Å². The van der Waals surface area contributed by atoms with Crippen LogP contribution in [0.4, 0.5) is 0 Å². The van der Waals surface area contributed by atoms with E-state index in [1.807, 2.05) is 32.9 Å². The maximum Gasteiger partial charge on any atom is 0.306 e. The number of carbonyl (C=O) groups excluding carboxylic acids is 2. The molecule has 0 heterocycles. The quantitative estimate of drug-likeness (QED) is 0.568. The van der Waals surface area contributed by atoms with Gasteiger partial charge in [0.05, 0.1) is 13.0 Å². The molecule has 0 saturated heterocycles. The summed E-state index contributed by atoms with van der Waals surface area (Å²) in [5.74, 6) is 1.09. The molecule has 0 aromatic heterocycles. The monoisotopic (exact) mass is 304 g/mol. The Morgan fingerprint density at radius 3 is 2.27 bits per heavy atom. The van der Waals surface area contributed by atoms with Crippen molar-refractivity contribution in [3.63, 3.8) is 0 Å². The number of ketones is 1. The van der Waals surface area contributed by atoms with Crippen molar-refractivity contribution in [2.75, 3.05) is 6.61 Å². The molecule has 1 aliphatic carbocycles. The Bertz CT molecular complexity index is 521. The van der Waals surface area contributed by atoms with E-state index in [0.717, 1.165) is 12.4 Å². The van der Waals surface area contributed by atoms with E-state index in [9.17, 15) is 9.59 Å². The number of esters is 1. The summed E-state index contributed by atoms with van der Waals surface area (Å²) in [4.78, 5) is 23.7. The number of ether oxygens (including phenoxy) is 2. The maximum absolute atomic E-state index is 12.1. The lowest BCUT2D eigenvalue weighted by atomic mass is 10.1. The zero-order chi connectivity index (χ0) is 16.2. The molecule has 120 valence electrons. The highest BCUT2D eigenvalue weighted by Crippen LogP contribution is 2.29. The minimum absolute atomic E-state index is 0.0559. The number of hydrogen-bond donors (Lipinski definition) is 0. The molecule has 0 N–H and O–H groups in total. The molecular weight excluding hydrogens is 280 g/mol. The number of benzene rings is 1. The molecule has 0 aliphatic heterocycles. The van der Waals surface area contributed by atoms with Gasteiger partial charge in [-0.25, -0.2) is 0 Å². The zero-order valence-electron chi connectivity index (χ0n) is 13.6. The van der Waals surface area contributed by atoms with E-state index >= 15 is 0 Å². The Labute approximate surface area is 131 Å². The second-order valence-electron chi connectivity index (χ2n) is 6.79. The number of rotatable bonds is 7. The van der Waals surface area contributed by atoms with E-state index in [1.54, 1.807) is 12.1 Å². The first-order chi connectivity index (χ1) is 10.3. The zero-order valence-corrected chi connectivity index (χ0v) is 13.6. The smallest absolute Gasteiger partial charge is 0.306 e. The van der Waals surface area contributed by atoms with Crippen LogP contribution in [0.5, 0.6) is 5.75 Å². The average Bonchev–Trinajstić information content (AvgIpc) is 3.25. The Morgan fingerprint density at radius 2 is 1.73 bits per heavy atom. The van der Waals surface area contributed by atoms with Crippen LogP contribution in [0.1, 0.15) is 56.8 Å². The van der Waals surface area contributed by atoms with Crippen LogP contribution in [0.2, 0.25) is 0 Å². The van der Waals surface area contributed by atoms with Crippen molar-refractivity contribution < 1.29 is 19.1 Å².